The van der Waals surface area contributed by atoms with Crippen molar-refractivity contribution in [2.45, 2.75) is 51.4 Å². The quantitative estimate of drug-likeness (QED) is 0.294. The molecular weight excluding hydrogens is 374 g/mol. The lowest BCUT2D eigenvalue weighted by atomic mass is 10.1. The zero-order chi connectivity index (χ0) is 9.07. The van der Waals surface area contributed by atoms with Gasteiger partial charge < -0.3 is 0 Å². The summed E-state index contributed by atoms with van der Waals surface area (Å²) in [5.74, 6) is 0. The monoisotopic (exact) mass is 394 g/mol. The van der Waals surface area contributed by atoms with E-state index in [1.165, 1.54) is 60.2 Å². The molecule has 0 nitrogen and oxygen atoms in total. The van der Waals surface area contributed by atoms with Gasteiger partial charge in [-0.15, -0.1) is 0 Å². The second-order valence-corrected chi connectivity index (χ2v) is 5.36. The van der Waals surface area contributed by atoms with E-state index < -0.39 is 0 Å². The van der Waals surface area contributed by atoms with Crippen LogP contribution in [-0.2, 0) is 0 Å². The first-order chi connectivity index (χ1) is 5.91. The van der Waals surface area contributed by atoms with E-state index in [2.05, 4.69) is 45.2 Å². The number of alkyl halides is 2. The summed E-state index contributed by atoms with van der Waals surface area (Å²) in [7, 11) is 0. The van der Waals surface area contributed by atoms with Crippen molar-refractivity contribution in [1.29, 1.82) is 0 Å². The Morgan fingerprint density at radius 3 is 0.917 bits per heavy atom. The van der Waals surface area contributed by atoms with E-state index in [0.29, 0.717) is 0 Å². The van der Waals surface area contributed by atoms with Crippen LogP contribution in [0.4, 0.5) is 0 Å². The fourth-order valence-electron chi connectivity index (χ4n) is 1.25. The second-order valence-electron chi connectivity index (χ2n) is 3.21. The molecule has 0 fully saturated rings. The molecule has 0 spiro atoms. The lowest BCUT2D eigenvalue weighted by Gasteiger charge is -1.99. The standard InChI is InChI=1S/C10H20I2/c11-9-7-5-3-1-2-4-6-8-10-12/h1-10H2. The summed E-state index contributed by atoms with van der Waals surface area (Å²) in [4.78, 5) is 0. The zero-order valence-corrected chi connectivity index (χ0v) is 12.1. The molecule has 0 aromatic carbocycles. The number of hydrogen-bond donors (Lipinski definition) is 0. The Balaban J connectivity index is 2.73. The molecule has 0 rings (SSSR count). The van der Waals surface area contributed by atoms with Crippen molar-refractivity contribution in [2.24, 2.45) is 0 Å². The van der Waals surface area contributed by atoms with Gasteiger partial charge in [0.1, 0.15) is 0 Å². The van der Waals surface area contributed by atoms with Crippen molar-refractivity contribution in [1.82, 2.24) is 0 Å². The molecule has 0 aliphatic heterocycles. The van der Waals surface area contributed by atoms with Crippen LogP contribution in [0.5, 0.6) is 0 Å². The van der Waals surface area contributed by atoms with Gasteiger partial charge >= 0.3 is 0 Å². The molecule has 74 valence electrons. The highest BCUT2D eigenvalue weighted by Crippen LogP contribution is 2.09. The molecule has 0 unspecified atom stereocenters. The molecule has 0 amide bonds. The first-order valence-electron chi connectivity index (χ1n) is 5.03. The molecule has 0 aromatic rings. The van der Waals surface area contributed by atoms with Crippen LogP contribution in [0.25, 0.3) is 0 Å². The molecule has 0 radical (unpaired) electrons. The van der Waals surface area contributed by atoms with Gasteiger partial charge in [0.05, 0.1) is 0 Å². The van der Waals surface area contributed by atoms with Gasteiger partial charge in [-0.25, -0.2) is 0 Å². The maximum atomic E-state index is 2.47. The van der Waals surface area contributed by atoms with Gasteiger partial charge in [0.15, 0.2) is 0 Å². The lowest BCUT2D eigenvalue weighted by molar-refractivity contribution is 0.589. The summed E-state index contributed by atoms with van der Waals surface area (Å²) in [5.41, 5.74) is 0. The van der Waals surface area contributed by atoms with E-state index in [9.17, 15) is 0 Å². The van der Waals surface area contributed by atoms with Crippen LogP contribution in [0, 0.1) is 0 Å². The van der Waals surface area contributed by atoms with E-state index in [4.69, 9.17) is 0 Å². The Morgan fingerprint density at radius 2 is 0.667 bits per heavy atom. The highest BCUT2D eigenvalue weighted by atomic mass is 127. The summed E-state index contributed by atoms with van der Waals surface area (Å²) in [6.45, 7) is 0. The summed E-state index contributed by atoms with van der Waals surface area (Å²) in [6, 6.07) is 0. The van der Waals surface area contributed by atoms with Crippen molar-refractivity contribution in [3.63, 3.8) is 0 Å². The third-order valence-electron chi connectivity index (χ3n) is 2.02. The zero-order valence-electron chi connectivity index (χ0n) is 7.83. The van der Waals surface area contributed by atoms with Crippen LogP contribution in [0.15, 0.2) is 0 Å². The van der Waals surface area contributed by atoms with Gasteiger partial charge in [-0.05, 0) is 21.7 Å². The van der Waals surface area contributed by atoms with Crippen molar-refractivity contribution in [3.05, 3.63) is 0 Å². The van der Waals surface area contributed by atoms with Crippen molar-refractivity contribution < 1.29 is 0 Å². The Bertz CT molecular complexity index is 64.2. The highest BCUT2D eigenvalue weighted by molar-refractivity contribution is 14.1. The molecule has 0 N–H and O–H groups in total. The van der Waals surface area contributed by atoms with Gasteiger partial charge in [0, 0.05) is 0 Å². The average molecular weight is 394 g/mol. The third-order valence-corrected chi connectivity index (χ3v) is 3.54. The molecule has 0 atom stereocenters. The van der Waals surface area contributed by atoms with E-state index in [0.717, 1.165) is 0 Å². The number of halogens is 2. The average Bonchev–Trinajstić information content (AvgIpc) is 2.10. The van der Waals surface area contributed by atoms with Gasteiger partial charge in [-0.1, -0.05) is 83.7 Å². The first kappa shape index (κ1) is 13.5. The number of unbranched alkanes of at least 4 members (excludes halogenated alkanes) is 7. The van der Waals surface area contributed by atoms with Gasteiger partial charge in [0.25, 0.3) is 0 Å². The molecule has 0 aliphatic carbocycles. The first-order valence-corrected chi connectivity index (χ1v) is 8.09. The molecule has 12 heavy (non-hydrogen) atoms. The van der Waals surface area contributed by atoms with Crippen LogP contribution in [0.3, 0.4) is 0 Å². The van der Waals surface area contributed by atoms with E-state index in [-0.39, 0.29) is 0 Å². The van der Waals surface area contributed by atoms with Gasteiger partial charge in [0.2, 0.25) is 0 Å². The maximum absolute atomic E-state index is 2.47. The minimum atomic E-state index is 1.34. The minimum Gasteiger partial charge on any atom is -0.0864 e. The molecule has 0 bridgehead atoms. The SMILES string of the molecule is ICCCCCCCCCCI. The summed E-state index contributed by atoms with van der Waals surface area (Å²) < 4.78 is 2.68. The Morgan fingerprint density at radius 1 is 0.417 bits per heavy atom. The smallest absolute Gasteiger partial charge is 0.000473 e. The normalized spacial score (nSPS) is 10.5. The Labute approximate surface area is 105 Å². The molecule has 0 saturated heterocycles. The largest absolute Gasteiger partial charge is 0.0864 e. The molecule has 0 heterocycles. The molecule has 0 aliphatic rings. The van der Waals surface area contributed by atoms with E-state index in [1.54, 1.807) is 0 Å². The van der Waals surface area contributed by atoms with Crippen LogP contribution in [0.2, 0.25) is 0 Å². The number of rotatable bonds is 9. The second kappa shape index (κ2) is 12.5. The minimum absolute atomic E-state index is 1.34. The molecular formula is C10H20I2. The maximum Gasteiger partial charge on any atom is -0.000473 e. The van der Waals surface area contributed by atoms with Gasteiger partial charge in [-0.2, -0.15) is 0 Å². The lowest BCUT2D eigenvalue weighted by Crippen LogP contribution is -1.81. The van der Waals surface area contributed by atoms with Gasteiger partial charge in [-0.3, -0.25) is 0 Å². The van der Waals surface area contributed by atoms with Crippen LogP contribution >= 0.6 is 45.2 Å². The van der Waals surface area contributed by atoms with Crippen molar-refractivity contribution in [3.8, 4) is 0 Å². The Hall–Kier alpha value is 1.46. The van der Waals surface area contributed by atoms with Crippen LogP contribution in [0.1, 0.15) is 51.4 Å². The third kappa shape index (κ3) is 11.5. The molecule has 0 aromatic heterocycles. The predicted octanol–water partition coefficient (Wildman–Crippen LogP) is 4.98. The van der Waals surface area contributed by atoms with E-state index >= 15 is 0 Å². The summed E-state index contributed by atoms with van der Waals surface area (Å²) >= 11 is 4.93. The molecule has 2 heteroatoms. The fourth-order valence-corrected chi connectivity index (χ4v) is 2.33. The Kier molecular flexibility index (Phi) is 14.0. The van der Waals surface area contributed by atoms with Crippen molar-refractivity contribution >= 4 is 45.2 Å². The van der Waals surface area contributed by atoms with E-state index in [1.807, 2.05) is 0 Å². The predicted molar refractivity (Wildman–Crippen MR) is 74.7 cm³/mol. The molecule has 0 saturated carbocycles. The topological polar surface area (TPSA) is 0 Å². The number of hydrogen-bond acceptors (Lipinski definition) is 0. The highest BCUT2D eigenvalue weighted by Gasteiger charge is 1.90. The fraction of sp³-hybridized carbons (Fsp3) is 1.00. The van der Waals surface area contributed by atoms with Crippen molar-refractivity contribution in [2.75, 3.05) is 8.86 Å². The van der Waals surface area contributed by atoms with Crippen LogP contribution < -0.4 is 0 Å². The summed E-state index contributed by atoms with van der Waals surface area (Å²) in [5, 5.41) is 0. The van der Waals surface area contributed by atoms with Crippen LogP contribution in [-0.4, -0.2) is 8.86 Å². The summed E-state index contributed by atoms with van der Waals surface area (Å²) in [6.07, 6.45) is 11.6.